The smallest absolute Gasteiger partial charge is 0.270 e. The Hall–Kier alpha value is -3.88. The van der Waals surface area contributed by atoms with Crippen LogP contribution in [-0.4, -0.2) is 46.4 Å². The fourth-order valence-corrected chi connectivity index (χ4v) is 3.52. The van der Waals surface area contributed by atoms with Gasteiger partial charge in [-0.1, -0.05) is 0 Å². The molecule has 0 aromatic heterocycles. The van der Waals surface area contributed by atoms with E-state index < -0.39 is 29.1 Å². The third kappa shape index (κ3) is 3.16. The molecule has 146 valence electrons. The Bertz CT molecular complexity index is 1080. The summed E-state index contributed by atoms with van der Waals surface area (Å²) in [5, 5.41) is 10.9. The van der Waals surface area contributed by atoms with Crippen LogP contribution in [0, 0.1) is 10.1 Å². The van der Waals surface area contributed by atoms with Gasteiger partial charge in [-0.05, 0) is 36.8 Å². The van der Waals surface area contributed by atoms with Crippen LogP contribution in [0.3, 0.4) is 0 Å². The van der Waals surface area contributed by atoms with E-state index >= 15 is 0 Å². The Kier molecular flexibility index (Phi) is 4.42. The predicted molar refractivity (Wildman–Crippen MR) is 101 cm³/mol. The average molecular weight is 393 g/mol. The van der Waals surface area contributed by atoms with E-state index in [0.29, 0.717) is 24.2 Å². The SMILES string of the molecule is O=C(CN1C(=O)c2ccc([N+](=O)[O-])cc2C1=O)c1ccc(N2CCCC2=O)cc1. The van der Waals surface area contributed by atoms with Gasteiger partial charge in [0.15, 0.2) is 5.78 Å². The van der Waals surface area contributed by atoms with Gasteiger partial charge >= 0.3 is 0 Å². The molecule has 0 aliphatic carbocycles. The van der Waals surface area contributed by atoms with Crippen LogP contribution < -0.4 is 4.90 Å². The first kappa shape index (κ1) is 18.5. The second-order valence-electron chi connectivity index (χ2n) is 6.80. The van der Waals surface area contributed by atoms with Crippen LogP contribution in [0.1, 0.15) is 43.9 Å². The number of ketones is 1. The molecular weight excluding hydrogens is 378 g/mol. The highest BCUT2D eigenvalue weighted by Crippen LogP contribution is 2.27. The average Bonchev–Trinajstić information content (AvgIpc) is 3.25. The van der Waals surface area contributed by atoms with Crippen LogP contribution in [0.5, 0.6) is 0 Å². The molecule has 0 atom stereocenters. The summed E-state index contributed by atoms with van der Waals surface area (Å²) in [5.41, 5.74) is 0.640. The number of fused-ring (bicyclic) bond motifs is 1. The molecule has 0 radical (unpaired) electrons. The fraction of sp³-hybridized carbons (Fsp3) is 0.200. The molecule has 4 rings (SSSR count). The molecule has 9 nitrogen and oxygen atoms in total. The summed E-state index contributed by atoms with van der Waals surface area (Å²) in [7, 11) is 0. The molecule has 0 N–H and O–H groups in total. The number of amides is 3. The Morgan fingerprint density at radius 3 is 2.31 bits per heavy atom. The van der Waals surface area contributed by atoms with Gasteiger partial charge in [-0.15, -0.1) is 0 Å². The molecule has 0 spiro atoms. The van der Waals surface area contributed by atoms with E-state index in [9.17, 15) is 29.3 Å². The van der Waals surface area contributed by atoms with Gasteiger partial charge in [0.1, 0.15) is 0 Å². The minimum absolute atomic E-state index is 0.0317. The lowest BCUT2D eigenvalue weighted by Gasteiger charge is -2.16. The topological polar surface area (TPSA) is 118 Å². The molecule has 3 amide bonds. The summed E-state index contributed by atoms with van der Waals surface area (Å²) >= 11 is 0. The highest BCUT2D eigenvalue weighted by molar-refractivity contribution is 6.23. The molecule has 2 heterocycles. The molecule has 2 aromatic carbocycles. The van der Waals surface area contributed by atoms with E-state index in [2.05, 4.69) is 0 Å². The number of anilines is 1. The number of imide groups is 1. The Labute approximate surface area is 164 Å². The van der Waals surface area contributed by atoms with Crippen molar-refractivity contribution >= 4 is 34.9 Å². The number of nitro benzene ring substituents is 1. The lowest BCUT2D eigenvalue weighted by Crippen LogP contribution is -2.34. The zero-order chi connectivity index (χ0) is 20.7. The Morgan fingerprint density at radius 2 is 1.69 bits per heavy atom. The van der Waals surface area contributed by atoms with E-state index in [4.69, 9.17) is 0 Å². The van der Waals surface area contributed by atoms with Gasteiger partial charge in [0.25, 0.3) is 17.5 Å². The van der Waals surface area contributed by atoms with Gasteiger partial charge in [-0.2, -0.15) is 0 Å². The first-order chi connectivity index (χ1) is 13.9. The third-order valence-corrected chi connectivity index (χ3v) is 5.04. The number of non-ortho nitro benzene ring substituents is 1. The minimum Gasteiger partial charge on any atom is -0.312 e. The van der Waals surface area contributed by atoms with Gasteiger partial charge in [0.05, 0.1) is 22.6 Å². The molecule has 29 heavy (non-hydrogen) atoms. The molecule has 1 fully saturated rings. The first-order valence-corrected chi connectivity index (χ1v) is 8.95. The van der Waals surface area contributed by atoms with Crippen molar-refractivity contribution in [2.24, 2.45) is 0 Å². The van der Waals surface area contributed by atoms with Crippen LogP contribution >= 0.6 is 0 Å². The summed E-state index contributed by atoms with van der Waals surface area (Å²) in [6.07, 6.45) is 1.29. The zero-order valence-electron chi connectivity index (χ0n) is 15.2. The summed E-state index contributed by atoms with van der Waals surface area (Å²) in [6, 6.07) is 9.82. The first-order valence-electron chi connectivity index (χ1n) is 8.95. The molecule has 0 bridgehead atoms. The summed E-state index contributed by atoms with van der Waals surface area (Å²) in [4.78, 5) is 62.0. The van der Waals surface area contributed by atoms with Crippen molar-refractivity contribution in [3.8, 4) is 0 Å². The van der Waals surface area contributed by atoms with Crippen molar-refractivity contribution < 1.29 is 24.1 Å². The summed E-state index contributed by atoms with van der Waals surface area (Å²) < 4.78 is 0. The molecule has 0 saturated carbocycles. The standard InChI is InChI=1S/C20H15N3O6/c24-17(12-3-5-13(6-4-12)21-9-1-2-18(21)25)11-22-19(26)15-8-7-14(23(28)29)10-16(15)20(22)27/h3-8,10H,1-2,9,11H2. The maximum absolute atomic E-state index is 12.6. The summed E-state index contributed by atoms with van der Waals surface area (Å²) in [6.45, 7) is 0.162. The van der Waals surface area contributed by atoms with Gasteiger partial charge in [0.2, 0.25) is 5.91 Å². The predicted octanol–water partition coefficient (Wildman–Crippen LogP) is 2.20. The number of benzene rings is 2. The second kappa shape index (κ2) is 6.93. The van der Waals surface area contributed by atoms with E-state index in [-0.39, 0.29) is 22.7 Å². The maximum Gasteiger partial charge on any atom is 0.270 e. The molecule has 2 aliphatic heterocycles. The number of hydrogen-bond donors (Lipinski definition) is 0. The van der Waals surface area contributed by atoms with Gasteiger partial charge in [0, 0.05) is 36.3 Å². The highest BCUT2D eigenvalue weighted by Gasteiger charge is 2.38. The highest BCUT2D eigenvalue weighted by atomic mass is 16.6. The van der Waals surface area contributed by atoms with E-state index in [1.165, 1.54) is 6.07 Å². The number of carbonyl (C=O) groups is 4. The molecular formula is C20H15N3O6. The number of rotatable bonds is 5. The van der Waals surface area contributed by atoms with E-state index in [0.717, 1.165) is 23.5 Å². The normalized spacial score (nSPS) is 15.8. The molecule has 2 aromatic rings. The number of Topliss-reactive ketones (excluding diaryl/α,β-unsaturated/α-hetero) is 1. The van der Waals surface area contributed by atoms with Gasteiger partial charge in [-0.25, -0.2) is 0 Å². The quantitative estimate of drug-likeness (QED) is 0.333. The lowest BCUT2D eigenvalue weighted by molar-refractivity contribution is -0.384. The fourth-order valence-electron chi connectivity index (χ4n) is 3.52. The van der Waals surface area contributed by atoms with Crippen LogP contribution in [0.25, 0.3) is 0 Å². The van der Waals surface area contributed by atoms with Crippen molar-refractivity contribution in [3.63, 3.8) is 0 Å². The summed E-state index contributed by atoms with van der Waals surface area (Å²) in [5.74, 6) is -1.81. The molecule has 1 saturated heterocycles. The van der Waals surface area contributed by atoms with E-state index in [1.54, 1.807) is 29.2 Å². The minimum atomic E-state index is -0.735. The number of hydrogen-bond acceptors (Lipinski definition) is 6. The largest absolute Gasteiger partial charge is 0.312 e. The van der Waals surface area contributed by atoms with Crippen molar-refractivity contribution in [1.82, 2.24) is 4.90 Å². The van der Waals surface area contributed by atoms with Crippen LogP contribution in [0.2, 0.25) is 0 Å². The van der Waals surface area contributed by atoms with Crippen LogP contribution in [0.4, 0.5) is 11.4 Å². The van der Waals surface area contributed by atoms with Gasteiger partial charge in [-0.3, -0.25) is 34.2 Å². The van der Waals surface area contributed by atoms with E-state index in [1.807, 2.05) is 0 Å². The van der Waals surface area contributed by atoms with Crippen LogP contribution in [0.15, 0.2) is 42.5 Å². The molecule has 2 aliphatic rings. The van der Waals surface area contributed by atoms with Crippen molar-refractivity contribution in [1.29, 1.82) is 0 Å². The maximum atomic E-state index is 12.6. The number of carbonyl (C=O) groups excluding carboxylic acids is 4. The number of nitrogens with zero attached hydrogens (tertiary/aromatic N) is 3. The van der Waals surface area contributed by atoms with Gasteiger partial charge < -0.3 is 4.90 Å². The van der Waals surface area contributed by atoms with Crippen LogP contribution in [-0.2, 0) is 4.79 Å². The molecule has 9 heteroatoms. The van der Waals surface area contributed by atoms with Crippen molar-refractivity contribution in [2.75, 3.05) is 18.0 Å². The monoisotopic (exact) mass is 393 g/mol. The second-order valence-corrected chi connectivity index (χ2v) is 6.80. The zero-order valence-corrected chi connectivity index (χ0v) is 15.2. The molecule has 0 unspecified atom stereocenters. The van der Waals surface area contributed by atoms with Crippen molar-refractivity contribution in [3.05, 3.63) is 69.3 Å². The third-order valence-electron chi connectivity index (χ3n) is 5.04. The van der Waals surface area contributed by atoms with Crippen molar-refractivity contribution in [2.45, 2.75) is 12.8 Å². The Morgan fingerprint density at radius 1 is 1.00 bits per heavy atom. The number of nitro groups is 1. The Balaban J connectivity index is 1.51. The lowest BCUT2D eigenvalue weighted by atomic mass is 10.1.